The summed E-state index contributed by atoms with van der Waals surface area (Å²) in [4.78, 5) is 0. The predicted molar refractivity (Wildman–Crippen MR) is 68.9 cm³/mol. The molecule has 0 unspecified atom stereocenters. The zero-order valence-electron chi connectivity index (χ0n) is 10.3. The summed E-state index contributed by atoms with van der Waals surface area (Å²) in [6, 6.07) is 8.95. The molecule has 2 nitrogen and oxygen atoms in total. The van der Waals surface area contributed by atoms with Crippen LogP contribution in [0.2, 0.25) is 0 Å². The van der Waals surface area contributed by atoms with Gasteiger partial charge in [0.1, 0.15) is 0 Å². The van der Waals surface area contributed by atoms with Crippen molar-refractivity contribution in [2.75, 3.05) is 13.2 Å². The van der Waals surface area contributed by atoms with Gasteiger partial charge in [-0.15, -0.1) is 0 Å². The van der Waals surface area contributed by atoms with Crippen molar-refractivity contribution in [2.45, 2.75) is 38.1 Å². The molecule has 92 valence electrons. The van der Waals surface area contributed by atoms with Crippen LogP contribution in [0.3, 0.4) is 0 Å². The van der Waals surface area contributed by atoms with Crippen LogP contribution in [0.25, 0.3) is 0 Å². The standard InChI is InChI=1S/C15H21NO/c17-11-15(6-7-15)10-16-9-12-2-1-3-14(8-12)13-4-5-13/h1-3,8,13,16-17H,4-7,9-11H2. The summed E-state index contributed by atoms with van der Waals surface area (Å²) in [5, 5.41) is 12.7. The Morgan fingerprint density at radius 2 is 2.12 bits per heavy atom. The lowest BCUT2D eigenvalue weighted by atomic mass is 10.1. The van der Waals surface area contributed by atoms with Crippen molar-refractivity contribution >= 4 is 0 Å². The molecule has 1 aromatic rings. The highest BCUT2D eigenvalue weighted by Crippen LogP contribution is 2.44. The van der Waals surface area contributed by atoms with E-state index in [1.54, 1.807) is 0 Å². The Bertz CT molecular complexity index is 394. The lowest BCUT2D eigenvalue weighted by Gasteiger charge is -2.13. The van der Waals surface area contributed by atoms with Gasteiger partial charge in [0.25, 0.3) is 0 Å². The number of rotatable bonds is 6. The lowest BCUT2D eigenvalue weighted by molar-refractivity contribution is 0.207. The van der Waals surface area contributed by atoms with Gasteiger partial charge in [0, 0.05) is 25.1 Å². The fraction of sp³-hybridized carbons (Fsp3) is 0.600. The first kappa shape index (κ1) is 11.2. The monoisotopic (exact) mass is 231 g/mol. The van der Waals surface area contributed by atoms with Gasteiger partial charge in [0.15, 0.2) is 0 Å². The van der Waals surface area contributed by atoms with Crippen molar-refractivity contribution in [1.29, 1.82) is 0 Å². The zero-order chi connectivity index (χ0) is 11.7. The molecule has 3 rings (SSSR count). The van der Waals surface area contributed by atoms with Crippen LogP contribution >= 0.6 is 0 Å². The van der Waals surface area contributed by atoms with Gasteiger partial charge in [0.05, 0.1) is 0 Å². The van der Waals surface area contributed by atoms with Crippen LogP contribution in [0.1, 0.15) is 42.7 Å². The highest BCUT2D eigenvalue weighted by molar-refractivity contribution is 5.29. The molecule has 0 atom stereocenters. The van der Waals surface area contributed by atoms with Gasteiger partial charge >= 0.3 is 0 Å². The van der Waals surface area contributed by atoms with E-state index in [1.807, 2.05) is 0 Å². The van der Waals surface area contributed by atoms with Gasteiger partial charge < -0.3 is 10.4 Å². The number of nitrogens with one attached hydrogen (secondary N) is 1. The maximum absolute atomic E-state index is 9.24. The fourth-order valence-corrected chi connectivity index (χ4v) is 2.41. The minimum absolute atomic E-state index is 0.216. The van der Waals surface area contributed by atoms with E-state index in [2.05, 4.69) is 29.6 Å². The number of hydrogen-bond acceptors (Lipinski definition) is 2. The van der Waals surface area contributed by atoms with E-state index in [4.69, 9.17) is 0 Å². The highest BCUT2D eigenvalue weighted by Gasteiger charge is 2.41. The molecule has 0 heterocycles. The van der Waals surface area contributed by atoms with Crippen LogP contribution in [0.15, 0.2) is 24.3 Å². The first-order valence-corrected chi connectivity index (χ1v) is 6.72. The molecule has 17 heavy (non-hydrogen) atoms. The molecule has 2 aliphatic carbocycles. The van der Waals surface area contributed by atoms with Gasteiger partial charge in [-0.05, 0) is 42.7 Å². The Morgan fingerprint density at radius 3 is 2.76 bits per heavy atom. The Hall–Kier alpha value is -0.860. The Balaban J connectivity index is 1.52. The van der Waals surface area contributed by atoms with Crippen LogP contribution in [0.4, 0.5) is 0 Å². The third-order valence-corrected chi connectivity index (χ3v) is 4.12. The normalized spacial score (nSPS) is 21.5. The molecule has 0 amide bonds. The molecule has 2 fully saturated rings. The largest absolute Gasteiger partial charge is 0.396 e. The molecular formula is C15H21NO. The second kappa shape index (κ2) is 4.43. The SMILES string of the molecule is OCC1(CNCc2cccc(C3CC3)c2)CC1. The van der Waals surface area contributed by atoms with Crippen molar-refractivity contribution in [3.8, 4) is 0 Å². The molecule has 0 spiro atoms. The molecule has 2 aliphatic rings. The van der Waals surface area contributed by atoms with Crippen molar-refractivity contribution in [1.82, 2.24) is 5.32 Å². The van der Waals surface area contributed by atoms with Crippen molar-refractivity contribution in [3.63, 3.8) is 0 Å². The van der Waals surface area contributed by atoms with E-state index in [1.165, 1.54) is 36.8 Å². The Labute approximate surface area is 103 Å². The number of benzene rings is 1. The summed E-state index contributed by atoms with van der Waals surface area (Å²) < 4.78 is 0. The molecule has 2 saturated carbocycles. The average molecular weight is 231 g/mol. The summed E-state index contributed by atoms with van der Waals surface area (Å²) in [7, 11) is 0. The van der Waals surface area contributed by atoms with Gasteiger partial charge in [0.2, 0.25) is 0 Å². The van der Waals surface area contributed by atoms with Crippen LogP contribution in [0, 0.1) is 5.41 Å². The van der Waals surface area contributed by atoms with Crippen LogP contribution in [-0.4, -0.2) is 18.3 Å². The minimum Gasteiger partial charge on any atom is -0.396 e. The van der Waals surface area contributed by atoms with Crippen molar-refractivity contribution in [3.05, 3.63) is 35.4 Å². The molecule has 0 saturated heterocycles. The van der Waals surface area contributed by atoms with E-state index in [-0.39, 0.29) is 5.41 Å². The first-order valence-electron chi connectivity index (χ1n) is 6.72. The molecule has 0 radical (unpaired) electrons. The number of aliphatic hydroxyl groups is 1. The summed E-state index contributed by atoms with van der Waals surface area (Å²) in [6.07, 6.45) is 5.09. The Morgan fingerprint density at radius 1 is 1.29 bits per heavy atom. The van der Waals surface area contributed by atoms with E-state index in [0.29, 0.717) is 6.61 Å². The quantitative estimate of drug-likeness (QED) is 0.788. The first-order chi connectivity index (χ1) is 8.31. The summed E-state index contributed by atoms with van der Waals surface area (Å²) in [6.45, 7) is 2.22. The molecular weight excluding hydrogens is 210 g/mol. The molecule has 2 N–H and O–H groups in total. The van der Waals surface area contributed by atoms with Gasteiger partial charge in [-0.3, -0.25) is 0 Å². The summed E-state index contributed by atoms with van der Waals surface area (Å²) in [5.41, 5.74) is 3.10. The minimum atomic E-state index is 0.216. The van der Waals surface area contributed by atoms with Crippen molar-refractivity contribution < 1.29 is 5.11 Å². The van der Waals surface area contributed by atoms with Gasteiger partial charge in [-0.1, -0.05) is 24.3 Å². The second-order valence-electron chi connectivity index (χ2n) is 5.78. The van der Waals surface area contributed by atoms with E-state index >= 15 is 0 Å². The smallest absolute Gasteiger partial charge is 0.0499 e. The average Bonchev–Trinajstić information content (AvgIpc) is 3.25. The van der Waals surface area contributed by atoms with E-state index in [9.17, 15) is 5.11 Å². The third kappa shape index (κ3) is 2.70. The summed E-state index contributed by atoms with van der Waals surface area (Å²) >= 11 is 0. The summed E-state index contributed by atoms with van der Waals surface area (Å²) in [5.74, 6) is 0.835. The second-order valence-corrected chi connectivity index (χ2v) is 5.78. The molecule has 2 heteroatoms. The maximum atomic E-state index is 9.24. The van der Waals surface area contributed by atoms with E-state index in [0.717, 1.165) is 19.0 Å². The number of aliphatic hydroxyl groups excluding tert-OH is 1. The van der Waals surface area contributed by atoms with Gasteiger partial charge in [-0.2, -0.15) is 0 Å². The highest BCUT2D eigenvalue weighted by atomic mass is 16.3. The Kier molecular flexibility index (Phi) is 2.93. The third-order valence-electron chi connectivity index (χ3n) is 4.12. The maximum Gasteiger partial charge on any atom is 0.0499 e. The van der Waals surface area contributed by atoms with Crippen LogP contribution in [0.5, 0.6) is 0 Å². The van der Waals surface area contributed by atoms with E-state index < -0.39 is 0 Å². The molecule has 1 aromatic carbocycles. The molecule has 0 aliphatic heterocycles. The topological polar surface area (TPSA) is 32.3 Å². The van der Waals surface area contributed by atoms with Crippen LogP contribution < -0.4 is 5.32 Å². The van der Waals surface area contributed by atoms with Crippen molar-refractivity contribution in [2.24, 2.45) is 5.41 Å². The number of hydrogen-bond donors (Lipinski definition) is 2. The molecule has 0 bridgehead atoms. The molecule has 0 aromatic heterocycles. The lowest BCUT2D eigenvalue weighted by Crippen LogP contribution is -2.26. The predicted octanol–water partition coefficient (Wildman–Crippen LogP) is 2.43. The fourth-order valence-electron chi connectivity index (χ4n) is 2.41. The van der Waals surface area contributed by atoms with Crippen LogP contribution in [-0.2, 0) is 6.54 Å². The van der Waals surface area contributed by atoms with Gasteiger partial charge in [-0.25, -0.2) is 0 Å². The zero-order valence-corrected chi connectivity index (χ0v) is 10.3.